The van der Waals surface area contributed by atoms with Crippen LogP contribution in [-0.4, -0.2) is 69.2 Å². The largest absolute Gasteiger partial charge is 0.338 e. The molecule has 0 aliphatic carbocycles. The fourth-order valence-corrected chi connectivity index (χ4v) is 3.24. The van der Waals surface area contributed by atoms with Gasteiger partial charge in [0.1, 0.15) is 0 Å². The smallest absolute Gasteiger partial charge is 0.317 e. The number of fused-ring (bicyclic) bond motifs is 1. The van der Waals surface area contributed by atoms with Gasteiger partial charge in [-0.1, -0.05) is 0 Å². The molecule has 0 aromatic carbocycles. The molecule has 2 aromatic rings. The number of piperazine rings is 1. The third kappa shape index (κ3) is 3.36. The predicted molar refractivity (Wildman–Crippen MR) is 99.2 cm³/mol. The quantitative estimate of drug-likeness (QED) is 0.907. The minimum absolute atomic E-state index is 0.0284. The molecule has 3 rings (SSSR count). The van der Waals surface area contributed by atoms with E-state index in [0.717, 1.165) is 16.7 Å². The predicted octanol–water partition coefficient (Wildman–Crippen LogP) is 1.81. The summed E-state index contributed by atoms with van der Waals surface area (Å²) >= 11 is 0. The average molecular weight is 358 g/mol. The number of hydrogen-bond acceptors (Lipinski definition) is 4. The lowest BCUT2D eigenvalue weighted by Gasteiger charge is -2.34. The average Bonchev–Trinajstić information content (AvgIpc) is 3.04. The monoisotopic (exact) mass is 358 g/mol. The number of nitrogens with zero attached hydrogens (tertiary/aromatic N) is 5. The van der Waals surface area contributed by atoms with E-state index in [9.17, 15) is 9.59 Å². The van der Waals surface area contributed by atoms with E-state index < -0.39 is 0 Å². The van der Waals surface area contributed by atoms with Gasteiger partial charge in [-0.05, 0) is 33.8 Å². The van der Waals surface area contributed by atoms with Gasteiger partial charge in [0.2, 0.25) is 0 Å². The lowest BCUT2D eigenvalue weighted by atomic mass is 10.1. The number of carbonyl (C=O) groups is 2. The van der Waals surface area contributed by atoms with Crippen LogP contribution in [-0.2, 0) is 0 Å². The summed E-state index contributed by atoms with van der Waals surface area (Å²) in [6.45, 7) is 10.6. The minimum atomic E-state index is -0.0695. The van der Waals surface area contributed by atoms with Crippen molar-refractivity contribution < 1.29 is 9.59 Å². The summed E-state index contributed by atoms with van der Waals surface area (Å²) in [5.74, 6) is -0.0284. The number of pyridine rings is 1. The van der Waals surface area contributed by atoms with Crippen molar-refractivity contribution in [1.29, 1.82) is 0 Å². The zero-order chi connectivity index (χ0) is 18.8. The maximum Gasteiger partial charge on any atom is 0.317 e. The van der Waals surface area contributed by atoms with Gasteiger partial charge in [0.15, 0.2) is 5.65 Å². The molecule has 0 atom stereocenters. The van der Waals surface area contributed by atoms with Crippen molar-refractivity contribution in [2.75, 3.05) is 32.7 Å². The highest BCUT2D eigenvalue weighted by Gasteiger charge is 2.26. The summed E-state index contributed by atoms with van der Waals surface area (Å²) in [4.78, 5) is 33.1. The molecule has 1 fully saturated rings. The van der Waals surface area contributed by atoms with Gasteiger partial charge >= 0.3 is 6.03 Å². The van der Waals surface area contributed by atoms with Crippen LogP contribution in [0.3, 0.4) is 0 Å². The van der Waals surface area contributed by atoms with Crippen LogP contribution in [0, 0.1) is 6.92 Å². The van der Waals surface area contributed by atoms with Crippen molar-refractivity contribution in [2.45, 2.75) is 33.7 Å². The molecule has 8 heteroatoms. The summed E-state index contributed by atoms with van der Waals surface area (Å²) in [5, 5.41) is 7.98. The van der Waals surface area contributed by atoms with Gasteiger partial charge in [-0.25, -0.2) is 14.5 Å². The molecule has 1 N–H and O–H groups in total. The van der Waals surface area contributed by atoms with E-state index in [4.69, 9.17) is 0 Å². The standard InChI is InChI=1S/C18H26N6O2/c1-5-19-18(26)23-8-6-22(7-9-23)17(25)14-10-13(4)21-16-15(14)11-20-24(16)12(2)3/h10-12H,5-9H2,1-4H3,(H,19,26). The van der Waals surface area contributed by atoms with Gasteiger partial charge in [0, 0.05) is 44.5 Å². The second kappa shape index (κ2) is 7.31. The Hall–Kier alpha value is -2.64. The third-order valence-electron chi connectivity index (χ3n) is 4.60. The number of rotatable bonds is 3. The summed E-state index contributed by atoms with van der Waals surface area (Å²) in [6, 6.07) is 1.93. The fourth-order valence-electron chi connectivity index (χ4n) is 3.24. The topological polar surface area (TPSA) is 83.4 Å². The molecule has 0 bridgehead atoms. The Labute approximate surface area is 153 Å². The van der Waals surface area contributed by atoms with Crippen LogP contribution in [0.5, 0.6) is 0 Å². The van der Waals surface area contributed by atoms with Crippen molar-refractivity contribution >= 4 is 23.0 Å². The zero-order valence-electron chi connectivity index (χ0n) is 15.8. The highest BCUT2D eigenvalue weighted by atomic mass is 16.2. The van der Waals surface area contributed by atoms with E-state index >= 15 is 0 Å². The number of aromatic nitrogens is 3. The van der Waals surface area contributed by atoms with Crippen molar-refractivity contribution in [3.63, 3.8) is 0 Å². The van der Waals surface area contributed by atoms with Gasteiger partial charge in [0.05, 0.1) is 17.1 Å². The number of amides is 3. The number of aryl methyl sites for hydroxylation is 1. The Bertz CT molecular complexity index is 820. The molecule has 0 spiro atoms. The Kier molecular flexibility index (Phi) is 5.11. The molecule has 140 valence electrons. The molecule has 26 heavy (non-hydrogen) atoms. The number of urea groups is 1. The van der Waals surface area contributed by atoms with Gasteiger partial charge < -0.3 is 15.1 Å². The van der Waals surface area contributed by atoms with Gasteiger partial charge in [0.25, 0.3) is 5.91 Å². The summed E-state index contributed by atoms with van der Waals surface area (Å²) in [6.07, 6.45) is 1.72. The van der Waals surface area contributed by atoms with Gasteiger partial charge in [-0.3, -0.25) is 4.79 Å². The van der Waals surface area contributed by atoms with E-state index in [-0.39, 0.29) is 18.0 Å². The lowest BCUT2D eigenvalue weighted by Crippen LogP contribution is -2.53. The molecule has 0 radical (unpaired) electrons. The van der Waals surface area contributed by atoms with Crippen LogP contribution in [0.4, 0.5) is 4.79 Å². The fraction of sp³-hybridized carbons (Fsp3) is 0.556. The first kappa shape index (κ1) is 18.2. The van der Waals surface area contributed by atoms with Crippen molar-refractivity contribution in [3.05, 3.63) is 23.5 Å². The van der Waals surface area contributed by atoms with E-state index in [0.29, 0.717) is 38.3 Å². The molecule has 3 amide bonds. The Morgan fingerprint density at radius 3 is 2.46 bits per heavy atom. The number of nitrogens with one attached hydrogen (secondary N) is 1. The zero-order valence-corrected chi connectivity index (χ0v) is 15.8. The first-order valence-corrected chi connectivity index (χ1v) is 9.09. The first-order valence-electron chi connectivity index (χ1n) is 9.09. The highest BCUT2D eigenvalue weighted by Crippen LogP contribution is 2.22. The number of hydrogen-bond donors (Lipinski definition) is 1. The molecule has 8 nitrogen and oxygen atoms in total. The van der Waals surface area contributed by atoms with E-state index in [1.165, 1.54) is 0 Å². The van der Waals surface area contributed by atoms with Crippen molar-refractivity contribution in [2.24, 2.45) is 0 Å². The van der Waals surface area contributed by atoms with Gasteiger partial charge in [-0.2, -0.15) is 5.10 Å². The second-order valence-corrected chi connectivity index (χ2v) is 6.85. The minimum Gasteiger partial charge on any atom is -0.338 e. The summed E-state index contributed by atoms with van der Waals surface area (Å²) in [7, 11) is 0. The molecule has 0 unspecified atom stereocenters. The third-order valence-corrected chi connectivity index (χ3v) is 4.60. The second-order valence-electron chi connectivity index (χ2n) is 6.85. The highest BCUT2D eigenvalue weighted by molar-refractivity contribution is 6.05. The van der Waals surface area contributed by atoms with E-state index in [2.05, 4.69) is 15.4 Å². The molecule has 0 saturated carbocycles. The molecular formula is C18H26N6O2. The molecule has 2 aromatic heterocycles. The van der Waals surface area contributed by atoms with E-state index in [1.807, 2.05) is 38.4 Å². The maximum atomic E-state index is 13.1. The van der Waals surface area contributed by atoms with Crippen LogP contribution in [0.2, 0.25) is 0 Å². The van der Waals surface area contributed by atoms with Crippen LogP contribution < -0.4 is 5.32 Å². The number of carbonyl (C=O) groups excluding carboxylic acids is 2. The Morgan fingerprint density at radius 1 is 1.19 bits per heavy atom. The van der Waals surface area contributed by atoms with Crippen LogP contribution >= 0.6 is 0 Å². The van der Waals surface area contributed by atoms with Crippen LogP contribution in [0.1, 0.15) is 42.9 Å². The summed E-state index contributed by atoms with van der Waals surface area (Å²) in [5.41, 5.74) is 2.17. The van der Waals surface area contributed by atoms with Crippen molar-refractivity contribution in [3.8, 4) is 0 Å². The molecule has 3 heterocycles. The Morgan fingerprint density at radius 2 is 1.85 bits per heavy atom. The molecule has 1 saturated heterocycles. The summed E-state index contributed by atoms with van der Waals surface area (Å²) < 4.78 is 1.84. The lowest BCUT2D eigenvalue weighted by molar-refractivity contribution is 0.0667. The maximum absolute atomic E-state index is 13.1. The van der Waals surface area contributed by atoms with E-state index in [1.54, 1.807) is 16.0 Å². The normalized spacial score (nSPS) is 15.0. The van der Waals surface area contributed by atoms with Gasteiger partial charge in [-0.15, -0.1) is 0 Å². The van der Waals surface area contributed by atoms with Crippen LogP contribution in [0.25, 0.3) is 11.0 Å². The Balaban J connectivity index is 1.82. The molecule has 1 aliphatic heterocycles. The van der Waals surface area contributed by atoms with Crippen molar-refractivity contribution in [1.82, 2.24) is 29.9 Å². The first-order chi connectivity index (χ1) is 12.4. The SMILES string of the molecule is CCNC(=O)N1CCN(C(=O)c2cc(C)nc3c2cnn3C(C)C)CC1. The molecule has 1 aliphatic rings. The van der Waals surface area contributed by atoms with Crippen LogP contribution in [0.15, 0.2) is 12.3 Å². The molecular weight excluding hydrogens is 332 g/mol.